The minimum atomic E-state index is 0.931. The molecule has 0 radical (unpaired) electrons. The number of quaternary nitrogens is 1. The summed E-state index contributed by atoms with van der Waals surface area (Å²) < 4.78 is 5.52. The van der Waals surface area contributed by atoms with Crippen LogP contribution >= 0.6 is 0 Å². The number of hydrogen-bond donors (Lipinski definition) is 0. The maximum atomic E-state index is 4.53. The standard InChI is InChI=1S/C10H16N.H6OSi2/c1-11(2,3)9-10-7-5-4-6-8-10;2-1-3/h4-8H,9H2,1-3H3;2-3H3/q+1;. The summed E-state index contributed by atoms with van der Waals surface area (Å²) in [5.41, 5.74) is 1.40. The topological polar surface area (TPSA) is 9.23 Å². The molecule has 1 rings (SSSR count). The third kappa shape index (κ3) is 8.18. The van der Waals surface area contributed by atoms with Crippen molar-refractivity contribution in [2.24, 2.45) is 0 Å². The van der Waals surface area contributed by atoms with Gasteiger partial charge in [0.2, 0.25) is 0 Å². The van der Waals surface area contributed by atoms with Crippen molar-refractivity contribution in [3.63, 3.8) is 0 Å². The highest BCUT2D eigenvalue weighted by atomic mass is 28.3. The summed E-state index contributed by atoms with van der Waals surface area (Å²) in [4.78, 5) is 0. The second-order valence-electron chi connectivity index (χ2n) is 4.34. The van der Waals surface area contributed by atoms with E-state index in [9.17, 15) is 0 Å². The van der Waals surface area contributed by atoms with Crippen LogP contribution < -0.4 is 0 Å². The maximum absolute atomic E-state index is 4.53. The third-order valence-corrected chi connectivity index (χ3v) is 1.50. The predicted octanol–water partition coefficient (Wildman–Crippen LogP) is -0.543. The monoisotopic (exact) mass is 228 g/mol. The normalized spacial score (nSPS) is 10.8. The molecule has 0 aliphatic rings. The van der Waals surface area contributed by atoms with Crippen LogP contribution in [0.3, 0.4) is 0 Å². The maximum Gasteiger partial charge on any atom is 0.129 e. The van der Waals surface area contributed by atoms with Crippen LogP contribution in [-0.2, 0) is 10.7 Å². The molecule has 2 nitrogen and oxygen atoms in total. The van der Waals surface area contributed by atoms with Gasteiger partial charge in [-0.25, -0.2) is 0 Å². The fourth-order valence-corrected chi connectivity index (χ4v) is 1.13. The average molecular weight is 228 g/mol. The fourth-order valence-electron chi connectivity index (χ4n) is 1.13. The van der Waals surface area contributed by atoms with Crippen molar-refractivity contribution >= 4 is 21.0 Å². The number of rotatable bonds is 2. The first-order valence-corrected chi connectivity index (χ1v) is 6.37. The predicted molar refractivity (Wildman–Crippen MR) is 69.1 cm³/mol. The van der Waals surface area contributed by atoms with Gasteiger partial charge in [0, 0.05) is 5.56 Å². The van der Waals surface area contributed by atoms with Crippen LogP contribution in [0, 0.1) is 0 Å². The van der Waals surface area contributed by atoms with Crippen LogP contribution in [0.2, 0.25) is 0 Å². The highest BCUT2D eigenvalue weighted by molar-refractivity contribution is 6.15. The molecule has 1 aromatic carbocycles. The van der Waals surface area contributed by atoms with E-state index in [1.807, 2.05) is 0 Å². The Balaban J connectivity index is 0.000000500. The Labute approximate surface area is 93.6 Å². The molecule has 0 N–H and O–H groups in total. The van der Waals surface area contributed by atoms with E-state index in [4.69, 9.17) is 0 Å². The zero-order valence-electron chi connectivity index (χ0n) is 9.95. The van der Waals surface area contributed by atoms with E-state index < -0.39 is 0 Å². The first-order chi connectivity index (χ1) is 6.49. The number of hydrogen-bond acceptors (Lipinski definition) is 1. The molecule has 14 heavy (non-hydrogen) atoms. The van der Waals surface area contributed by atoms with Gasteiger partial charge >= 0.3 is 0 Å². The summed E-state index contributed by atoms with van der Waals surface area (Å²) in [6, 6.07) is 10.6. The Hall–Kier alpha value is -0.426. The minimum Gasteiger partial charge on any atom is -0.471 e. The molecular weight excluding hydrogens is 206 g/mol. The Bertz CT molecular complexity index is 234. The van der Waals surface area contributed by atoms with Crippen LogP contribution in [0.1, 0.15) is 5.56 Å². The van der Waals surface area contributed by atoms with Crippen LogP contribution in [0.5, 0.6) is 0 Å². The lowest BCUT2D eigenvalue weighted by Gasteiger charge is -2.23. The van der Waals surface area contributed by atoms with Crippen LogP contribution in [0.4, 0.5) is 0 Å². The second kappa shape index (κ2) is 6.94. The average Bonchev–Trinajstić information content (AvgIpc) is 2.04. The van der Waals surface area contributed by atoms with Gasteiger partial charge in [0.25, 0.3) is 0 Å². The van der Waals surface area contributed by atoms with E-state index in [-0.39, 0.29) is 0 Å². The van der Waals surface area contributed by atoms with Gasteiger partial charge in [-0.3, -0.25) is 0 Å². The van der Waals surface area contributed by atoms with Crippen molar-refractivity contribution in [3.8, 4) is 0 Å². The summed E-state index contributed by atoms with van der Waals surface area (Å²) >= 11 is 0. The molecule has 1 aromatic rings. The largest absolute Gasteiger partial charge is 0.471 e. The molecule has 4 heteroatoms. The molecule has 0 bridgehead atoms. The summed E-state index contributed by atoms with van der Waals surface area (Å²) in [6.07, 6.45) is 0. The summed E-state index contributed by atoms with van der Waals surface area (Å²) in [5, 5.41) is 0. The number of benzene rings is 1. The third-order valence-electron chi connectivity index (χ3n) is 1.50. The first kappa shape index (κ1) is 13.6. The summed E-state index contributed by atoms with van der Waals surface area (Å²) in [6.45, 7) is 1.10. The van der Waals surface area contributed by atoms with E-state index >= 15 is 0 Å². The second-order valence-corrected chi connectivity index (χ2v) is 7.61. The molecular formula is C10H22NOSi2+. The number of nitrogens with zero attached hydrogens (tertiary/aromatic N) is 1. The Kier molecular flexibility index (Phi) is 6.73. The lowest BCUT2D eigenvalue weighted by molar-refractivity contribution is -0.884. The molecule has 0 amide bonds. The lowest BCUT2D eigenvalue weighted by atomic mass is 10.2. The van der Waals surface area contributed by atoms with Gasteiger partial charge in [0.15, 0.2) is 0 Å². The van der Waals surface area contributed by atoms with Gasteiger partial charge in [0.05, 0.1) is 21.1 Å². The SMILES string of the molecule is C[N+](C)(C)Cc1ccccc1.[SiH3]O[SiH3]. The van der Waals surface area contributed by atoms with Gasteiger partial charge in [-0.15, -0.1) is 0 Å². The van der Waals surface area contributed by atoms with Crippen molar-refractivity contribution < 1.29 is 8.60 Å². The zero-order valence-corrected chi connectivity index (χ0v) is 13.9. The van der Waals surface area contributed by atoms with Crippen molar-refractivity contribution in [1.82, 2.24) is 0 Å². The van der Waals surface area contributed by atoms with E-state index in [1.54, 1.807) is 0 Å². The molecule has 0 aliphatic heterocycles. The van der Waals surface area contributed by atoms with Gasteiger partial charge in [-0.05, 0) is 0 Å². The molecule has 80 valence electrons. The molecule has 0 aromatic heterocycles. The first-order valence-electron chi connectivity index (χ1n) is 4.74. The fraction of sp³-hybridized carbons (Fsp3) is 0.400. The quantitative estimate of drug-likeness (QED) is 0.488. The molecule has 0 atom stereocenters. The molecule has 0 aliphatic carbocycles. The molecule has 0 unspecified atom stereocenters. The van der Waals surface area contributed by atoms with Crippen molar-refractivity contribution in [3.05, 3.63) is 35.9 Å². The van der Waals surface area contributed by atoms with Crippen LogP contribution in [-0.4, -0.2) is 46.6 Å². The van der Waals surface area contributed by atoms with Gasteiger partial charge in [0.1, 0.15) is 27.5 Å². The smallest absolute Gasteiger partial charge is 0.129 e. The van der Waals surface area contributed by atoms with E-state index in [0.717, 1.165) is 32.0 Å². The Morgan fingerprint density at radius 1 is 1.07 bits per heavy atom. The van der Waals surface area contributed by atoms with Gasteiger partial charge in [-0.1, -0.05) is 30.3 Å². The van der Waals surface area contributed by atoms with Gasteiger partial charge in [-0.2, -0.15) is 0 Å². The van der Waals surface area contributed by atoms with Crippen molar-refractivity contribution in [1.29, 1.82) is 0 Å². The summed E-state index contributed by atoms with van der Waals surface area (Å²) in [5.74, 6) is 0. The zero-order chi connectivity index (χ0) is 11.0. The lowest BCUT2D eigenvalue weighted by Crippen LogP contribution is -2.33. The molecule has 0 spiro atoms. The Morgan fingerprint density at radius 3 is 1.86 bits per heavy atom. The molecule has 0 fully saturated rings. The van der Waals surface area contributed by atoms with Crippen molar-refractivity contribution in [2.75, 3.05) is 21.1 Å². The van der Waals surface area contributed by atoms with E-state index in [1.165, 1.54) is 5.56 Å². The van der Waals surface area contributed by atoms with Crippen LogP contribution in [0.25, 0.3) is 0 Å². The Morgan fingerprint density at radius 2 is 1.50 bits per heavy atom. The van der Waals surface area contributed by atoms with E-state index in [2.05, 4.69) is 55.6 Å². The highest BCUT2D eigenvalue weighted by Crippen LogP contribution is 2.04. The van der Waals surface area contributed by atoms with Crippen molar-refractivity contribution in [2.45, 2.75) is 6.54 Å². The minimum absolute atomic E-state index is 0.931. The molecule has 0 saturated carbocycles. The van der Waals surface area contributed by atoms with Gasteiger partial charge < -0.3 is 8.60 Å². The molecule has 0 saturated heterocycles. The van der Waals surface area contributed by atoms with E-state index in [0.29, 0.717) is 0 Å². The van der Waals surface area contributed by atoms with Crippen LogP contribution in [0.15, 0.2) is 30.3 Å². The summed E-state index contributed by atoms with van der Waals surface area (Å²) in [7, 11) is 8.47. The molecule has 0 heterocycles. The highest BCUT2D eigenvalue weighted by Gasteiger charge is 2.06.